The molecule has 0 spiro atoms. The maximum Gasteiger partial charge on any atom is 0.150 e. The summed E-state index contributed by atoms with van der Waals surface area (Å²) >= 11 is 0. The molecule has 0 radical (unpaired) electrons. The van der Waals surface area contributed by atoms with Gasteiger partial charge in [-0.25, -0.2) is 4.68 Å². The van der Waals surface area contributed by atoms with Crippen molar-refractivity contribution in [2.75, 3.05) is 19.8 Å². The summed E-state index contributed by atoms with van der Waals surface area (Å²) in [6, 6.07) is 6.67. The normalized spacial score (nSPS) is 22.0. The Kier molecular flexibility index (Phi) is 6.10. The van der Waals surface area contributed by atoms with E-state index < -0.39 is 0 Å². The largest absolute Gasteiger partial charge is 0.377 e. The third-order valence-electron chi connectivity index (χ3n) is 5.60. The lowest BCUT2D eigenvalue weighted by atomic mass is 9.85. The van der Waals surface area contributed by atoms with Gasteiger partial charge in [-0.3, -0.25) is 0 Å². The van der Waals surface area contributed by atoms with Crippen LogP contribution in [0.3, 0.4) is 0 Å². The minimum absolute atomic E-state index is 0.0816. The van der Waals surface area contributed by atoms with E-state index in [4.69, 9.17) is 15.2 Å². The van der Waals surface area contributed by atoms with Crippen LogP contribution in [0.1, 0.15) is 57.7 Å². The molecule has 0 amide bonds. The molecule has 0 aliphatic carbocycles. The summed E-state index contributed by atoms with van der Waals surface area (Å²) in [6.07, 6.45) is 5.63. The Balaban J connectivity index is 1.77. The Hall–Kier alpha value is -1.43. The average molecular weight is 345 g/mol. The van der Waals surface area contributed by atoms with Crippen LogP contribution in [0.2, 0.25) is 0 Å². The summed E-state index contributed by atoms with van der Waals surface area (Å²) in [5, 5.41) is 5.77. The van der Waals surface area contributed by atoms with Crippen molar-refractivity contribution in [3.8, 4) is 0 Å². The van der Waals surface area contributed by atoms with E-state index in [1.807, 2.05) is 10.9 Å². The molecule has 3 rings (SSSR count). The van der Waals surface area contributed by atoms with Crippen LogP contribution in [0.4, 0.5) is 0 Å². The highest BCUT2D eigenvalue weighted by atomic mass is 16.5. The van der Waals surface area contributed by atoms with Crippen molar-refractivity contribution < 1.29 is 9.47 Å². The van der Waals surface area contributed by atoms with Gasteiger partial charge in [0.05, 0.1) is 24.4 Å². The van der Waals surface area contributed by atoms with Gasteiger partial charge < -0.3 is 15.2 Å². The van der Waals surface area contributed by atoms with Crippen molar-refractivity contribution in [1.29, 1.82) is 0 Å². The molecule has 1 saturated heterocycles. The van der Waals surface area contributed by atoms with Crippen molar-refractivity contribution >= 4 is 10.9 Å². The van der Waals surface area contributed by atoms with Crippen LogP contribution in [0.25, 0.3) is 10.9 Å². The molecule has 25 heavy (non-hydrogen) atoms. The molecule has 1 aromatic carbocycles. The average Bonchev–Trinajstić information content (AvgIpc) is 3.08. The zero-order valence-corrected chi connectivity index (χ0v) is 15.6. The minimum atomic E-state index is 0.0816. The van der Waals surface area contributed by atoms with E-state index >= 15 is 0 Å². The molecular formula is C20H31N3O2. The lowest BCUT2D eigenvalue weighted by molar-refractivity contribution is -0.0366. The predicted octanol–water partition coefficient (Wildman–Crippen LogP) is 3.84. The Bertz CT molecular complexity index is 679. The third kappa shape index (κ3) is 4.05. The Labute approximate surface area is 150 Å². The van der Waals surface area contributed by atoms with Crippen molar-refractivity contribution in [3.63, 3.8) is 0 Å². The van der Waals surface area contributed by atoms with Crippen LogP contribution in [-0.4, -0.2) is 35.6 Å². The van der Waals surface area contributed by atoms with Crippen LogP contribution in [-0.2, 0) is 9.47 Å². The van der Waals surface area contributed by atoms with Crippen LogP contribution >= 0.6 is 0 Å². The molecule has 2 N–H and O–H groups in total. The molecule has 138 valence electrons. The van der Waals surface area contributed by atoms with E-state index in [9.17, 15) is 0 Å². The van der Waals surface area contributed by atoms with Gasteiger partial charge in [0.15, 0.2) is 6.23 Å². The fourth-order valence-electron chi connectivity index (χ4n) is 3.62. The Morgan fingerprint density at radius 2 is 2.16 bits per heavy atom. The molecule has 2 unspecified atom stereocenters. The van der Waals surface area contributed by atoms with Gasteiger partial charge in [0, 0.05) is 18.5 Å². The molecule has 2 heterocycles. The topological polar surface area (TPSA) is 62.3 Å². The van der Waals surface area contributed by atoms with Gasteiger partial charge in [-0.05, 0) is 55.7 Å². The van der Waals surface area contributed by atoms with Crippen molar-refractivity contribution in [2.45, 2.75) is 58.3 Å². The number of benzene rings is 1. The van der Waals surface area contributed by atoms with Gasteiger partial charge in [-0.1, -0.05) is 19.9 Å². The molecule has 5 nitrogen and oxygen atoms in total. The molecule has 5 heteroatoms. The summed E-state index contributed by atoms with van der Waals surface area (Å²) < 4.78 is 13.7. The highest BCUT2D eigenvalue weighted by molar-refractivity contribution is 5.79. The first-order valence-corrected chi connectivity index (χ1v) is 9.52. The maximum atomic E-state index is 5.89. The summed E-state index contributed by atoms with van der Waals surface area (Å²) in [6.45, 7) is 8.66. The zero-order chi connectivity index (χ0) is 17.8. The summed E-state index contributed by atoms with van der Waals surface area (Å²) in [4.78, 5) is 0. The molecule has 2 aromatic rings. The predicted molar refractivity (Wildman–Crippen MR) is 101 cm³/mol. The monoisotopic (exact) mass is 345 g/mol. The van der Waals surface area contributed by atoms with Crippen LogP contribution in [0, 0.1) is 5.92 Å². The summed E-state index contributed by atoms with van der Waals surface area (Å²) in [7, 11) is 0. The summed E-state index contributed by atoms with van der Waals surface area (Å²) in [5.41, 5.74) is 8.03. The first-order chi connectivity index (χ1) is 12.1. The molecular weight excluding hydrogens is 314 g/mol. The number of aromatic nitrogens is 2. The molecule has 1 aromatic heterocycles. The second-order valence-corrected chi connectivity index (χ2v) is 7.24. The number of hydrogen-bond acceptors (Lipinski definition) is 4. The SMILES string of the molecule is CC(c1ccc2c(cnn2C2CCCCO2)c1)[C@@H](C)[C@H](C)OCCN. The standard InChI is InChI=1S/C20H31N3O2/c1-14(16(3)24-11-9-21)15(2)17-7-8-19-18(12-17)13-22-23(19)20-6-4-5-10-25-20/h7-8,12-16,20H,4-6,9-11,21H2,1-3H3/t14-,15?,16+,20?/m1/s1. The third-order valence-corrected chi connectivity index (χ3v) is 5.60. The maximum absolute atomic E-state index is 5.89. The lowest BCUT2D eigenvalue weighted by Crippen LogP contribution is -2.25. The fraction of sp³-hybridized carbons (Fsp3) is 0.650. The van der Waals surface area contributed by atoms with E-state index in [0.717, 1.165) is 25.0 Å². The quantitative estimate of drug-likeness (QED) is 0.828. The molecule has 1 aliphatic rings. The molecule has 4 atom stereocenters. The summed E-state index contributed by atoms with van der Waals surface area (Å²) in [5.74, 6) is 0.826. The lowest BCUT2D eigenvalue weighted by Gasteiger charge is -2.27. The van der Waals surface area contributed by atoms with E-state index in [1.54, 1.807) is 0 Å². The minimum Gasteiger partial charge on any atom is -0.377 e. The highest BCUT2D eigenvalue weighted by Crippen LogP contribution is 2.32. The van der Waals surface area contributed by atoms with E-state index in [2.05, 4.69) is 44.1 Å². The van der Waals surface area contributed by atoms with Gasteiger partial charge in [-0.2, -0.15) is 5.10 Å². The number of rotatable bonds is 7. The Morgan fingerprint density at radius 3 is 2.88 bits per heavy atom. The number of hydrogen-bond donors (Lipinski definition) is 1. The number of ether oxygens (including phenoxy) is 2. The van der Waals surface area contributed by atoms with Crippen molar-refractivity contribution in [2.24, 2.45) is 11.7 Å². The smallest absolute Gasteiger partial charge is 0.150 e. The van der Waals surface area contributed by atoms with Crippen LogP contribution in [0.15, 0.2) is 24.4 Å². The van der Waals surface area contributed by atoms with E-state index in [1.165, 1.54) is 17.4 Å². The van der Waals surface area contributed by atoms with Crippen molar-refractivity contribution in [3.05, 3.63) is 30.0 Å². The molecule has 1 aliphatic heterocycles. The van der Waals surface area contributed by atoms with Gasteiger partial charge >= 0.3 is 0 Å². The molecule has 0 bridgehead atoms. The van der Waals surface area contributed by atoms with Gasteiger partial charge in [0.1, 0.15) is 0 Å². The number of nitrogens with two attached hydrogens (primary N) is 1. The fourth-order valence-corrected chi connectivity index (χ4v) is 3.62. The van der Waals surface area contributed by atoms with Crippen LogP contribution in [0.5, 0.6) is 0 Å². The second kappa shape index (κ2) is 8.30. The zero-order valence-electron chi connectivity index (χ0n) is 15.6. The Morgan fingerprint density at radius 1 is 1.32 bits per heavy atom. The molecule has 0 saturated carbocycles. The van der Waals surface area contributed by atoms with Crippen LogP contribution < -0.4 is 5.73 Å². The molecule has 1 fully saturated rings. The first-order valence-electron chi connectivity index (χ1n) is 9.52. The second-order valence-electron chi connectivity index (χ2n) is 7.24. The van der Waals surface area contributed by atoms with Crippen molar-refractivity contribution in [1.82, 2.24) is 9.78 Å². The van der Waals surface area contributed by atoms with Gasteiger partial charge in [-0.15, -0.1) is 0 Å². The van der Waals surface area contributed by atoms with Gasteiger partial charge in [0.25, 0.3) is 0 Å². The number of fused-ring (bicyclic) bond motifs is 1. The highest BCUT2D eigenvalue weighted by Gasteiger charge is 2.23. The van der Waals surface area contributed by atoms with E-state index in [0.29, 0.717) is 25.0 Å². The van der Waals surface area contributed by atoms with E-state index in [-0.39, 0.29) is 12.3 Å². The number of nitrogens with zero attached hydrogens (tertiary/aromatic N) is 2. The first kappa shape index (κ1) is 18.4. The van der Waals surface area contributed by atoms with Gasteiger partial charge in [0.2, 0.25) is 0 Å².